The second-order valence-electron chi connectivity index (χ2n) is 6.13. The largest absolute Gasteiger partial charge is 0.418 e. The lowest BCUT2D eigenvalue weighted by molar-refractivity contribution is -0.143. The first-order valence-corrected chi connectivity index (χ1v) is 9.12. The number of fused-ring (bicyclic) bond motifs is 2. The number of rotatable bonds is 6. The van der Waals surface area contributed by atoms with Crippen LogP contribution in [0.15, 0.2) is 0 Å². The van der Waals surface area contributed by atoms with Crippen LogP contribution in [0.1, 0.15) is 19.3 Å². The van der Waals surface area contributed by atoms with Crippen LogP contribution in [0.5, 0.6) is 0 Å². The lowest BCUT2D eigenvalue weighted by Gasteiger charge is -2.29. The summed E-state index contributed by atoms with van der Waals surface area (Å²) in [5, 5.41) is 7.75. The van der Waals surface area contributed by atoms with Crippen molar-refractivity contribution in [3.05, 3.63) is 0 Å². The molecular weight excluding hydrogens is 358 g/mol. The van der Waals surface area contributed by atoms with Gasteiger partial charge in [-0.1, -0.05) is 0 Å². The van der Waals surface area contributed by atoms with Crippen molar-refractivity contribution in [1.29, 1.82) is 5.41 Å². The predicted octanol–water partition coefficient (Wildman–Crippen LogP) is -1.28. The number of hydroxylamine groups is 3. The summed E-state index contributed by atoms with van der Waals surface area (Å²) in [6.45, 7) is 1.29. The van der Waals surface area contributed by atoms with E-state index in [1.807, 2.05) is 0 Å². The molecule has 0 aromatic heterocycles. The van der Waals surface area contributed by atoms with Crippen molar-refractivity contribution in [1.82, 2.24) is 20.3 Å². The fourth-order valence-electron chi connectivity index (χ4n) is 3.28. The standard InChI is InChI=1S/C12H19N5O7S/c13-7-15-4-3-9(6-15)23-14-11(18)10-2-1-8-5-16(10)12(19)17(8)24-25(20,21)22/h7-10,13H,1-6H2,(H,14,18)(H,20,21,22)/t8-,9?,10+/m1/s1. The van der Waals surface area contributed by atoms with Gasteiger partial charge in [-0.2, -0.15) is 13.5 Å². The Morgan fingerprint density at radius 1 is 1.32 bits per heavy atom. The number of urea groups is 1. The van der Waals surface area contributed by atoms with E-state index >= 15 is 0 Å². The van der Waals surface area contributed by atoms with Gasteiger partial charge in [-0.25, -0.2) is 10.3 Å². The second kappa shape index (κ2) is 6.74. The molecule has 0 aliphatic carbocycles. The van der Waals surface area contributed by atoms with Gasteiger partial charge in [-0.3, -0.25) is 19.6 Å². The molecule has 3 heterocycles. The van der Waals surface area contributed by atoms with E-state index in [9.17, 15) is 18.0 Å². The van der Waals surface area contributed by atoms with E-state index in [1.165, 1.54) is 11.2 Å². The highest BCUT2D eigenvalue weighted by Gasteiger charge is 2.49. The zero-order chi connectivity index (χ0) is 18.2. The number of amides is 3. The molecule has 3 atom stereocenters. The van der Waals surface area contributed by atoms with Crippen molar-refractivity contribution >= 4 is 28.7 Å². The van der Waals surface area contributed by atoms with Crippen LogP contribution in [0.25, 0.3) is 0 Å². The zero-order valence-electron chi connectivity index (χ0n) is 13.2. The SMILES string of the molecule is N=CN1CCC(ONC(=O)[C@@H]2CC[C@@H]3CN2C(=O)N3OS(=O)(=O)O)C1. The fraction of sp³-hybridized carbons (Fsp3) is 0.750. The molecule has 3 fully saturated rings. The van der Waals surface area contributed by atoms with Crippen molar-refractivity contribution in [2.24, 2.45) is 0 Å². The van der Waals surface area contributed by atoms with E-state index in [0.29, 0.717) is 37.4 Å². The van der Waals surface area contributed by atoms with Gasteiger partial charge in [-0.15, -0.1) is 4.28 Å². The van der Waals surface area contributed by atoms with Crippen LogP contribution in [0, 0.1) is 5.41 Å². The minimum absolute atomic E-state index is 0.122. The number of nitrogens with one attached hydrogen (secondary N) is 2. The smallest absolute Gasteiger partial charge is 0.360 e. The third-order valence-corrected chi connectivity index (χ3v) is 4.83. The van der Waals surface area contributed by atoms with Gasteiger partial charge >= 0.3 is 16.4 Å². The summed E-state index contributed by atoms with van der Waals surface area (Å²) in [5.41, 5.74) is 2.34. The Labute approximate surface area is 144 Å². The first-order chi connectivity index (χ1) is 11.8. The van der Waals surface area contributed by atoms with E-state index in [-0.39, 0.29) is 12.6 Å². The first kappa shape index (κ1) is 17.8. The predicted molar refractivity (Wildman–Crippen MR) is 81.4 cm³/mol. The highest BCUT2D eigenvalue weighted by atomic mass is 32.3. The summed E-state index contributed by atoms with van der Waals surface area (Å²) in [7, 11) is -4.82. The van der Waals surface area contributed by atoms with Gasteiger partial charge in [0.2, 0.25) is 0 Å². The Kier molecular flexibility index (Phi) is 4.81. The summed E-state index contributed by atoms with van der Waals surface area (Å²) < 4.78 is 34.7. The van der Waals surface area contributed by atoms with Crippen LogP contribution in [-0.2, 0) is 24.3 Å². The van der Waals surface area contributed by atoms with Gasteiger partial charge in [-0.05, 0) is 19.3 Å². The summed E-state index contributed by atoms with van der Waals surface area (Å²) in [6.07, 6.45) is 2.30. The average Bonchev–Trinajstić information content (AvgIpc) is 3.11. The number of likely N-dealkylation sites (tertiary alicyclic amines) is 1. The van der Waals surface area contributed by atoms with Crippen molar-refractivity contribution in [2.75, 3.05) is 19.6 Å². The lowest BCUT2D eigenvalue weighted by atomic mass is 10.0. The van der Waals surface area contributed by atoms with Crippen LogP contribution in [-0.4, -0.2) is 83.9 Å². The summed E-state index contributed by atoms with van der Waals surface area (Å²) >= 11 is 0. The highest BCUT2D eigenvalue weighted by Crippen LogP contribution is 2.30. The molecule has 0 spiro atoms. The van der Waals surface area contributed by atoms with Gasteiger partial charge in [0.15, 0.2) is 0 Å². The monoisotopic (exact) mass is 377 g/mol. The molecule has 2 bridgehead atoms. The summed E-state index contributed by atoms with van der Waals surface area (Å²) in [5.74, 6) is -0.506. The van der Waals surface area contributed by atoms with Crippen LogP contribution < -0.4 is 5.48 Å². The molecule has 0 saturated carbocycles. The second-order valence-corrected chi connectivity index (χ2v) is 7.13. The third kappa shape index (κ3) is 3.84. The number of carbonyl (C=O) groups excluding carboxylic acids is 2. The molecule has 3 saturated heterocycles. The number of hydrogen-bond donors (Lipinski definition) is 3. The Morgan fingerprint density at radius 2 is 2.08 bits per heavy atom. The molecule has 0 aromatic rings. The molecule has 0 aromatic carbocycles. The molecule has 3 aliphatic rings. The van der Waals surface area contributed by atoms with E-state index in [1.54, 1.807) is 4.90 Å². The summed E-state index contributed by atoms with van der Waals surface area (Å²) in [6, 6.07) is -2.15. The van der Waals surface area contributed by atoms with Crippen molar-refractivity contribution in [2.45, 2.75) is 37.5 Å². The van der Waals surface area contributed by atoms with E-state index in [2.05, 4.69) is 9.76 Å². The molecule has 3 amide bonds. The molecule has 12 nitrogen and oxygen atoms in total. The van der Waals surface area contributed by atoms with Gasteiger partial charge in [0.1, 0.15) is 12.1 Å². The molecule has 140 valence electrons. The zero-order valence-corrected chi connectivity index (χ0v) is 14.0. The van der Waals surface area contributed by atoms with Crippen molar-refractivity contribution in [3.63, 3.8) is 0 Å². The third-order valence-electron chi connectivity index (χ3n) is 4.49. The fourth-order valence-corrected chi connectivity index (χ4v) is 3.67. The van der Waals surface area contributed by atoms with E-state index in [4.69, 9.17) is 14.8 Å². The Bertz CT molecular complexity index is 671. The molecular formula is C12H19N5O7S. The van der Waals surface area contributed by atoms with Crippen LogP contribution in [0.4, 0.5) is 4.79 Å². The van der Waals surface area contributed by atoms with Gasteiger partial charge in [0.25, 0.3) is 5.91 Å². The first-order valence-electron chi connectivity index (χ1n) is 7.75. The molecule has 3 rings (SSSR count). The number of nitrogens with zero attached hydrogens (tertiary/aromatic N) is 3. The summed E-state index contributed by atoms with van der Waals surface area (Å²) in [4.78, 5) is 32.8. The molecule has 3 aliphatic heterocycles. The lowest BCUT2D eigenvalue weighted by Crippen LogP contribution is -2.50. The normalized spacial score (nSPS) is 29.2. The van der Waals surface area contributed by atoms with Gasteiger partial charge < -0.3 is 9.80 Å². The van der Waals surface area contributed by atoms with Gasteiger partial charge in [0.05, 0.1) is 12.4 Å². The van der Waals surface area contributed by atoms with Crippen LogP contribution in [0.3, 0.4) is 0 Å². The maximum Gasteiger partial charge on any atom is 0.418 e. The maximum absolute atomic E-state index is 12.3. The topological polar surface area (TPSA) is 153 Å². The van der Waals surface area contributed by atoms with Crippen LogP contribution in [0.2, 0.25) is 0 Å². The van der Waals surface area contributed by atoms with Crippen LogP contribution >= 0.6 is 0 Å². The number of piperidine rings is 1. The molecule has 13 heteroatoms. The Morgan fingerprint density at radius 3 is 2.72 bits per heavy atom. The highest BCUT2D eigenvalue weighted by molar-refractivity contribution is 7.80. The van der Waals surface area contributed by atoms with Crippen molar-refractivity contribution < 1.29 is 31.7 Å². The molecule has 0 radical (unpaired) electrons. The number of hydrogen-bond acceptors (Lipinski definition) is 7. The molecule has 25 heavy (non-hydrogen) atoms. The minimum Gasteiger partial charge on any atom is -0.360 e. The van der Waals surface area contributed by atoms with Crippen molar-refractivity contribution in [3.8, 4) is 0 Å². The van der Waals surface area contributed by atoms with E-state index < -0.39 is 34.4 Å². The average molecular weight is 377 g/mol. The molecule has 1 unspecified atom stereocenters. The Hall–Kier alpha value is -1.96. The maximum atomic E-state index is 12.3. The quantitative estimate of drug-likeness (QED) is 0.224. The number of carbonyl (C=O) groups is 2. The molecule has 3 N–H and O–H groups in total. The minimum atomic E-state index is -4.82. The van der Waals surface area contributed by atoms with Gasteiger partial charge in [0, 0.05) is 19.6 Å². The van der Waals surface area contributed by atoms with E-state index in [0.717, 1.165) is 0 Å². The Balaban J connectivity index is 1.56.